The van der Waals surface area contributed by atoms with E-state index in [9.17, 15) is 10.1 Å². The molecule has 9 heteroatoms. The highest BCUT2D eigenvalue weighted by Gasteiger charge is 2.14. The molecule has 4 rings (SSSR count). The topological polar surface area (TPSA) is 100 Å². The molecule has 0 spiro atoms. The average Bonchev–Trinajstić information content (AvgIpc) is 3.13. The third-order valence-corrected chi connectivity index (χ3v) is 3.91. The van der Waals surface area contributed by atoms with E-state index in [1.54, 1.807) is 18.5 Å². The molecular formula is C14H9Br2N5O2. The molecule has 4 aromatic heterocycles. The molecule has 4 heterocycles. The van der Waals surface area contributed by atoms with Crippen LogP contribution < -0.4 is 0 Å². The van der Waals surface area contributed by atoms with E-state index in [0.717, 1.165) is 20.0 Å². The molecule has 0 aliphatic rings. The zero-order valence-electron chi connectivity index (χ0n) is 11.5. The lowest BCUT2D eigenvalue weighted by Crippen LogP contribution is -1.85. The lowest BCUT2D eigenvalue weighted by molar-refractivity contribution is -0.383. The van der Waals surface area contributed by atoms with E-state index in [1.807, 2.05) is 18.3 Å². The minimum Gasteiger partial charge on any atom is -0.346 e. The van der Waals surface area contributed by atoms with Crippen LogP contribution in [-0.2, 0) is 0 Å². The summed E-state index contributed by atoms with van der Waals surface area (Å²) in [7, 11) is 0. The summed E-state index contributed by atoms with van der Waals surface area (Å²) >= 11 is 6.54. The van der Waals surface area contributed by atoms with Crippen LogP contribution in [0.15, 0.2) is 51.9 Å². The number of fused-ring (bicyclic) bond motifs is 2. The molecule has 0 atom stereocenters. The molecular weight excluding hydrogens is 430 g/mol. The van der Waals surface area contributed by atoms with Crippen LogP contribution in [0.3, 0.4) is 0 Å². The smallest absolute Gasteiger partial charge is 0.296 e. The molecule has 0 saturated carbocycles. The molecule has 116 valence electrons. The van der Waals surface area contributed by atoms with Crippen molar-refractivity contribution in [1.82, 2.24) is 19.9 Å². The number of hydrogen-bond acceptors (Lipinski definition) is 4. The van der Waals surface area contributed by atoms with Crippen molar-refractivity contribution in [2.45, 2.75) is 0 Å². The first-order valence-corrected chi connectivity index (χ1v) is 7.99. The van der Waals surface area contributed by atoms with Gasteiger partial charge in [-0.1, -0.05) is 0 Å². The summed E-state index contributed by atoms with van der Waals surface area (Å²) in [6.07, 6.45) is 6.58. The largest absolute Gasteiger partial charge is 0.346 e. The van der Waals surface area contributed by atoms with Gasteiger partial charge in [-0.3, -0.25) is 10.1 Å². The Morgan fingerprint density at radius 2 is 1.74 bits per heavy atom. The maximum atomic E-state index is 10.5. The highest BCUT2D eigenvalue weighted by Crippen LogP contribution is 2.25. The van der Waals surface area contributed by atoms with Crippen molar-refractivity contribution in [2.24, 2.45) is 0 Å². The zero-order chi connectivity index (χ0) is 16.4. The molecule has 0 aromatic carbocycles. The number of pyridine rings is 2. The van der Waals surface area contributed by atoms with Crippen molar-refractivity contribution in [1.29, 1.82) is 0 Å². The number of nitrogens with one attached hydrogen (secondary N) is 2. The van der Waals surface area contributed by atoms with Gasteiger partial charge in [0.15, 0.2) is 0 Å². The van der Waals surface area contributed by atoms with Crippen molar-refractivity contribution >= 4 is 59.6 Å². The second-order valence-corrected chi connectivity index (χ2v) is 6.38. The van der Waals surface area contributed by atoms with Gasteiger partial charge in [0.2, 0.25) is 0 Å². The lowest BCUT2D eigenvalue weighted by atomic mass is 10.3. The Balaban J connectivity index is 0.000000140. The molecule has 7 nitrogen and oxygen atoms in total. The Labute approximate surface area is 146 Å². The van der Waals surface area contributed by atoms with Crippen LogP contribution in [-0.4, -0.2) is 24.9 Å². The van der Waals surface area contributed by atoms with E-state index in [4.69, 9.17) is 0 Å². The predicted octanol–water partition coefficient (Wildman–Crippen LogP) is 4.56. The van der Waals surface area contributed by atoms with Gasteiger partial charge >= 0.3 is 0 Å². The van der Waals surface area contributed by atoms with E-state index >= 15 is 0 Å². The molecule has 0 saturated heterocycles. The van der Waals surface area contributed by atoms with Crippen LogP contribution in [0.4, 0.5) is 5.69 Å². The van der Waals surface area contributed by atoms with Gasteiger partial charge in [-0.25, -0.2) is 9.97 Å². The number of halogens is 2. The third-order valence-electron chi connectivity index (χ3n) is 3.04. The summed E-state index contributed by atoms with van der Waals surface area (Å²) in [5.41, 5.74) is 1.50. The maximum absolute atomic E-state index is 10.5. The Bertz CT molecular complexity index is 995. The van der Waals surface area contributed by atoms with Gasteiger partial charge in [-0.15, -0.1) is 0 Å². The monoisotopic (exact) mass is 437 g/mol. The summed E-state index contributed by atoms with van der Waals surface area (Å²) in [6.45, 7) is 0. The Morgan fingerprint density at radius 3 is 2.48 bits per heavy atom. The molecule has 0 bridgehead atoms. The molecule has 23 heavy (non-hydrogen) atoms. The molecule has 0 unspecified atom stereocenters. The van der Waals surface area contributed by atoms with Crippen molar-refractivity contribution in [3.63, 3.8) is 0 Å². The van der Waals surface area contributed by atoms with Crippen LogP contribution in [0.2, 0.25) is 0 Å². The van der Waals surface area contributed by atoms with Gasteiger partial charge in [0.25, 0.3) is 5.69 Å². The second kappa shape index (κ2) is 6.47. The van der Waals surface area contributed by atoms with Crippen molar-refractivity contribution in [2.75, 3.05) is 0 Å². The van der Waals surface area contributed by atoms with Crippen LogP contribution >= 0.6 is 31.9 Å². The molecule has 0 aliphatic carbocycles. The lowest BCUT2D eigenvalue weighted by Gasteiger charge is -1.90. The van der Waals surface area contributed by atoms with Gasteiger partial charge in [0.1, 0.15) is 11.3 Å². The number of rotatable bonds is 1. The van der Waals surface area contributed by atoms with Crippen molar-refractivity contribution < 1.29 is 4.92 Å². The normalized spacial score (nSPS) is 10.5. The number of nitro groups is 1. The Hall–Kier alpha value is -2.26. The van der Waals surface area contributed by atoms with Gasteiger partial charge in [-0.05, 0) is 50.1 Å². The van der Waals surface area contributed by atoms with E-state index in [1.165, 1.54) is 6.20 Å². The molecule has 0 fully saturated rings. The maximum Gasteiger partial charge on any atom is 0.296 e. The standard InChI is InChI=1S/C7H4BrN3O2.C7H5BrN2/c8-4-1-5-6(11(12)13)3-10-7(5)9-2-4;8-6-3-5-1-2-9-7(5)10-4-6/h1-3H,(H,9,10);1-4H,(H,9,10). The van der Waals surface area contributed by atoms with E-state index in [2.05, 4.69) is 51.8 Å². The van der Waals surface area contributed by atoms with Crippen LogP contribution in [0.5, 0.6) is 0 Å². The fourth-order valence-electron chi connectivity index (χ4n) is 2.03. The average molecular weight is 439 g/mol. The number of H-pyrrole nitrogens is 2. The Kier molecular flexibility index (Phi) is 4.39. The van der Waals surface area contributed by atoms with E-state index in [-0.39, 0.29) is 5.69 Å². The van der Waals surface area contributed by atoms with E-state index in [0.29, 0.717) is 11.0 Å². The first-order valence-electron chi connectivity index (χ1n) is 6.40. The van der Waals surface area contributed by atoms with Gasteiger partial charge < -0.3 is 9.97 Å². The highest BCUT2D eigenvalue weighted by atomic mass is 79.9. The first kappa shape index (κ1) is 15.6. The van der Waals surface area contributed by atoms with Gasteiger partial charge in [0.05, 0.1) is 16.5 Å². The van der Waals surface area contributed by atoms with Crippen molar-refractivity contribution in [3.8, 4) is 0 Å². The predicted molar refractivity (Wildman–Crippen MR) is 94.2 cm³/mol. The fraction of sp³-hybridized carbons (Fsp3) is 0. The minimum atomic E-state index is -0.438. The molecule has 2 N–H and O–H groups in total. The van der Waals surface area contributed by atoms with Crippen molar-refractivity contribution in [3.05, 3.63) is 62.0 Å². The number of aromatic amines is 2. The molecule has 0 aliphatic heterocycles. The van der Waals surface area contributed by atoms with Crippen LogP contribution in [0.1, 0.15) is 0 Å². The molecule has 0 amide bonds. The second-order valence-electron chi connectivity index (χ2n) is 4.55. The summed E-state index contributed by atoms with van der Waals surface area (Å²) < 4.78 is 1.74. The molecule has 4 aromatic rings. The number of hydrogen-bond donors (Lipinski definition) is 2. The first-order chi connectivity index (χ1) is 11.0. The number of nitrogens with zero attached hydrogens (tertiary/aromatic N) is 3. The zero-order valence-corrected chi connectivity index (χ0v) is 14.6. The third kappa shape index (κ3) is 3.40. The van der Waals surface area contributed by atoms with Crippen LogP contribution in [0, 0.1) is 10.1 Å². The SMILES string of the molecule is Brc1cnc2[nH]ccc2c1.O=[N+]([O-])c1c[nH]c2ncc(Br)cc12. The number of aromatic nitrogens is 4. The van der Waals surface area contributed by atoms with Crippen LogP contribution in [0.25, 0.3) is 22.1 Å². The summed E-state index contributed by atoms with van der Waals surface area (Å²) in [4.78, 5) is 23.9. The molecule has 0 radical (unpaired) electrons. The summed E-state index contributed by atoms with van der Waals surface area (Å²) in [6, 6.07) is 5.68. The minimum absolute atomic E-state index is 0.0452. The summed E-state index contributed by atoms with van der Waals surface area (Å²) in [5, 5.41) is 12.2. The highest BCUT2D eigenvalue weighted by molar-refractivity contribution is 9.10. The quantitative estimate of drug-likeness (QED) is 0.336. The van der Waals surface area contributed by atoms with Gasteiger partial charge in [-0.2, -0.15) is 0 Å². The fourth-order valence-corrected chi connectivity index (χ4v) is 2.71. The Morgan fingerprint density at radius 1 is 1.04 bits per heavy atom. The van der Waals surface area contributed by atoms with E-state index < -0.39 is 4.92 Å². The summed E-state index contributed by atoms with van der Waals surface area (Å²) in [5.74, 6) is 0. The van der Waals surface area contributed by atoms with Gasteiger partial charge in [0, 0.05) is 32.9 Å².